The summed E-state index contributed by atoms with van der Waals surface area (Å²) in [7, 11) is 3.61. The van der Waals surface area contributed by atoms with E-state index in [4.69, 9.17) is 13.9 Å². The number of carbonyl (C=O) groups excluding carboxylic acids is 1. The number of alkyl halides is 1. The Bertz CT molecular complexity index is 2340. The zero-order chi connectivity index (χ0) is 38.8. The van der Waals surface area contributed by atoms with Crippen LogP contribution in [0.15, 0.2) is 73.3 Å². The van der Waals surface area contributed by atoms with Gasteiger partial charge in [0.25, 0.3) is 0 Å². The van der Waals surface area contributed by atoms with Gasteiger partial charge in [0.2, 0.25) is 0 Å². The molecule has 10 heterocycles. The fraction of sp³-hybridized carbons (Fsp3) is 0.342. The van der Waals surface area contributed by atoms with E-state index >= 15 is 0 Å². The van der Waals surface area contributed by atoms with E-state index in [-0.39, 0.29) is 33.6 Å². The van der Waals surface area contributed by atoms with E-state index in [2.05, 4.69) is 75.3 Å². The summed E-state index contributed by atoms with van der Waals surface area (Å²) in [4.78, 5) is 37.7. The third-order valence-electron chi connectivity index (χ3n) is 10.0. The molecule has 0 unspecified atom stereocenters. The predicted molar refractivity (Wildman–Crippen MR) is 211 cm³/mol. The van der Waals surface area contributed by atoms with Crippen molar-refractivity contribution in [3.8, 4) is 22.5 Å². The molecule has 18 heteroatoms. The maximum atomic E-state index is 13.1. The monoisotopic (exact) mass is 867 g/mol. The van der Waals surface area contributed by atoms with Crippen LogP contribution in [0.3, 0.4) is 0 Å². The second-order valence-corrected chi connectivity index (χ2v) is 15.8. The molecule has 56 heavy (non-hydrogen) atoms. The Kier molecular flexibility index (Phi) is 10.7. The summed E-state index contributed by atoms with van der Waals surface area (Å²) >= 11 is -0.174. The Morgan fingerprint density at radius 1 is 0.839 bits per heavy atom. The first kappa shape index (κ1) is 37.2. The van der Waals surface area contributed by atoms with Gasteiger partial charge < -0.3 is 15.1 Å². The van der Waals surface area contributed by atoms with Gasteiger partial charge in [-0.15, -0.1) is 5.10 Å². The molecule has 2 fully saturated rings. The van der Waals surface area contributed by atoms with Gasteiger partial charge >= 0.3 is 69.8 Å². The van der Waals surface area contributed by atoms with Gasteiger partial charge in [-0.2, -0.15) is 0 Å². The molecule has 2 amide bonds. The number of carbonyl (C=O) groups is 1. The molecular formula is C38H44IN16O-. The van der Waals surface area contributed by atoms with Gasteiger partial charge in [0.15, 0.2) is 17.5 Å². The van der Waals surface area contributed by atoms with Crippen LogP contribution in [0.4, 0.5) is 33.6 Å². The van der Waals surface area contributed by atoms with E-state index in [1.54, 1.807) is 33.7 Å². The number of hydrogen-bond donors (Lipinski definition) is 3. The van der Waals surface area contributed by atoms with Crippen LogP contribution in [-0.4, -0.2) is 94.2 Å². The number of nitrogens with one attached hydrogen (secondary N) is 2. The first-order valence-electron chi connectivity index (χ1n) is 18.4. The van der Waals surface area contributed by atoms with Crippen LogP contribution in [0, 0.1) is 13.8 Å². The van der Waals surface area contributed by atoms with Crippen molar-refractivity contribution in [3.63, 3.8) is 0 Å². The number of rotatable bonds is 5. The summed E-state index contributed by atoms with van der Waals surface area (Å²) < 4.78 is 9.57. The van der Waals surface area contributed by atoms with Crippen LogP contribution in [0.25, 0.3) is 22.5 Å². The van der Waals surface area contributed by atoms with Crippen LogP contribution in [-0.2, 0) is 18.5 Å². The van der Waals surface area contributed by atoms with E-state index in [1.165, 1.54) is 12.1 Å². The van der Waals surface area contributed by atoms with Crippen LogP contribution < -0.4 is 50.8 Å². The van der Waals surface area contributed by atoms with Gasteiger partial charge in [-0.3, -0.25) is 24.9 Å². The number of aryl methyl sites for hydroxylation is 4. The number of amides is 2. The number of hydrogen-bond acceptors (Lipinski definition) is 13. The summed E-state index contributed by atoms with van der Waals surface area (Å²) in [5.74, 6) is 2.14. The molecule has 0 aromatic carbocycles. The van der Waals surface area contributed by atoms with Crippen molar-refractivity contribution in [1.29, 1.82) is 0 Å². The number of nitrogens with two attached hydrogens (primary N) is 1. The molecule has 4 aliphatic heterocycles. The standard InChI is InChI=1S/C19H20N8O.C15H16N4.C4H8IN4/c1-12-9-13(5-7-20-12)15-3-4-16-18(21-15)27(14-6-8-26(16)10-14)19(28)22-17-11-25(2)24-23-17;1-10-8-11(4-6-16-10)13-2-3-14-15(18-13)17-12-5-7-19(14)9-12;1-9-3-4(2-5-6)7-8-9/h3-5,7,9,11,14H,6,8,10H2,1-2H3,(H,22,28);2-4,6,8,12H,5,7,9H2,1H3,(H,17,18);3H,2,6H2,1H3/q;;-1/t14-;12-;/m00./s1. The first-order chi connectivity index (χ1) is 27.2. The number of anilines is 5. The zero-order valence-corrected chi connectivity index (χ0v) is 33.9. The van der Waals surface area contributed by atoms with Crippen LogP contribution >= 0.6 is 0 Å². The molecule has 17 nitrogen and oxygen atoms in total. The molecule has 2 saturated heterocycles. The molecular weight excluding hydrogens is 823 g/mol. The van der Waals surface area contributed by atoms with Crippen molar-refractivity contribution in [3.05, 3.63) is 90.4 Å². The Hall–Kier alpha value is -5.76. The predicted octanol–water partition coefficient (Wildman–Crippen LogP) is 0.945. The molecule has 290 valence electrons. The molecule has 6 aromatic rings. The van der Waals surface area contributed by atoms with E-state index in [9.17, 15) is 4.79 Å². The van der Waals surface area contributed by atoms with E-state index < -0.39 is 0 Å². The number of urea groups is 1. The second-order valence-electron chi connectivity index (χ2n) is 14.2. The summed E-state index contributed by atoms with van der Waals surface area (Å²) in [6.45, 7) is 7.95. The number of aromatic nitrogens is 10. The fourth-order valence-corrected chi connectivity index (χ4v) is 8.22. The Balaban J connectivity index is 0.000000135. The van der Waals surface area contributed by atoms with E-state index in [0.717, 1.165) is 88.1 Å². The Labute approximate surface area is 335 Å². The quantitative estimate of drug-likeness (QED) is 0.126. The normalized spacial score (nSPS) is 17.3. The van der Waals surface area contributed by atoms with Gasteiger partial charge in [-0.05, 0) is 75.2 Å². The third-order valence-corrected chi connectivity index (χ3v) is 11.2. The first-order valence-corrected chi connectivity index (χ1v) is 21.2. The number of halogens is 1. The second kappa shape index (κ2) is 16.1. The van der Waals surface area contributed by atoms with Gasteiger partial charge in [0.05, 0.1) is 35.0 Å². The summed E-state index contributed by atoms with van der Waals surface area (Å²) in [5.41, 5.74) is 9.13. The van der Waals surface area contributed by atoms with Gasteiger partial charge in [-0.1, -0.05) is 5.21 Å². The molecule has 4 bridgehead atoms. The van der Waals surface area contributed by atoms with E-state index in [1.807, 2.05) is 57.6 Å². The zero-order valence-electron chi connectivity index (χ0n) is 31.7. The number of pyridine rings is 4. The van der Waals surface area contributed by atoms with Crippen molar-refractivity contribution in [2.24, 2.45) is 18.0 Å². The molecule has 4 aliphatic rings. The maximum absolute atomic E-state index is 13.1. The molecule has 0 saturated carbocycles. The van der Waals surface area contributed by atoms with Crippen molar-refractivity contribution in [1.82, 2.24) is 49.9 Å². The SMILES string of the molecule is Cc1cc(-c2ccc3c(n2)N(C(=O)Nc2cn(C)nn2)[C@H]2CCN3C2)ccn1.Cc1cc(-c2ccc3c(n2)N[C@H]2CCN3C2)ccn1.Cn1cc(C[I-]N)nn1. The summed E-state index contributed by atoms with van der Waals surface area (Å²) in [6, 6.07) is 16.8. The Morgan fingerprint density at radius 3 is 2.16 bits per heavy atom. The van der Waals surface area contributed by atoms with Gasteiger partial charge in [0.1, 0.15) is 0 Å². The molecule has 0 spiro atoms. The van der Waals surface area contributed by atoms with Crippen LogP contribution in [0.2, 0.25) is 0 Å². The minimum absolute atomic E-state index is 0.0890. The van der Waals surface area contributed by atoms with Crippen molar-refractivity contribution >= 4 is 34.9 Å². The van der Waals surface area contributed by atoms with Gasteiger partial charge in [0, 0.05) is 74.2 Å². The average molecular weight is 868 g/mol. The third kappa shape index (κ3) is 8.11. The van der Waals surface area contributed by atoms with Crippen molar-refractivity contribution < 1.29 is 26.3 Å². The van der Waals surface area contributed by atoms with Crippen molar-refractivity contribution in [2.45, 2.75) is 43.2 Å². The number of nitrogens with zero attached hydrogens (tertiary/aromatic N) is 13. The van der Waals surface area contributed by atoms with Crippen molar-refractivity contribution in [2.75, 3.05) is 51.5 Å². The molecule has 10 rings (SSSR count). The minimum atomic E-state index is -0.233. The van der Waals surface area contributed by atoms with Crippen LogP contribution in [0.5, 0.6) is 0 Å². The molecule has 4 N–H and O–H groups in total. The average Bonchev–Trinajstić information content (AvgIpc) is 4.00. The van der Waals surface area contributed by atoms with Crippen LogP contribution in [0.1, 0.15) is 29.9 Å². The van der Waals surface area contributed by atoms with Gasteiger partial charge in [-0.25, -0.2) is 14.8 Å². The number of fused-ring (bicyclic) bond motifs is 8. The fourth-order valence-electron chi connectivity index (χ4n) is 7.42. The topological polar surface area (TPSA) is 190 Å². The molecule has 0 aliphatic carbocycles. The molecule has 6 aromatic heterocycles. The summed E-state index contributed by atoms with van der Waals surface area (Å²) in [6.07, 6.45) is 9.30. The Morgan fingerprint density at radius 2 is 1.50 bits per heavy atom. The molecule has 2 atom stereocenters. The summed E-state index contributed by atoms with van der Waals surface area (Å²) in [5, 5.41) is 21.9. The van der Waals surface area contributed by atoms with E-state index in [0.29, 0.717) is 17.7 Å². The molecule has 0 radical (unpaired) electrons.